The standard InChI is InChI=1S/C35H38FN5O/c36-28-15-11-25(12-16-28)7-5-10-33(42)39-29-17-13-26(14-18-29)32-23-27-24-38-35(37-19-6-22-41-20-3-4-21-41)40-34(27)31-9-2-1-8-30(31)32/h1-2,8-9,11-18,24,32H,3-7,10,19-23H2,(H,39,42)(H,37,38,40). The molecule has 6 nitrogen and oxygen atoms in total. The summed E-state index contributed by atoms with van der Waals surface area (Å²) in [5.74, 6) is 0.632. The van der Waals surface area contributed by atoms with Crippen LogP contribution in [0.3, 0.4) is 0 Å². The maximum absolute atomic E-state index is 13.1. The monoisotopic (exact) mass is 563 g/mol. The number of anilines is 2. The lowest BCUT2D eigenvalue weighted by Gasteiger charge is -2.27. The molecule has 216 valence electrons. The van der Waals surface area contributed by atoms with Gasteiger partial charge in [0.2, 0.25) is 11.9 Å². The molecule has 0 saturated carbocycles. The molecule has 1 unspecified atom stereocenters. The number of amides is 1. The molecular weight excluding hydrogens is 525 g/mol. The van der Waals surface area contributed by atoms with Crippen LogP contribution in [-0.2, 0) is 17.6 Å². The number of carbonyl (C=O) groups excluding carboxylic acids is 1. The summed E-state index contributed by atoms with van der Waals surface area (Å²) >= 11 is 0. The second-order valence-electron chi connectivity index (χ2n) is 11.4. The van der Waals surface area contributed by atoms with E-state index in [1.807, 2.05) is 18.3 Å². The maximum Gasteiger partial charge on any atom is 0.224 e. The lowest BCUT2D eigenvalue weighted by atomic mass is 9.78. The predicted octanol–water partition coefficient (Wildman–Crippen LogP) is 6.83. The molecule has 2 aliphatic rings. The van der Waals surface area contributed by atoms with Gasteiger partial charge in [-0.15, -0.1) is 0 Å². The number of hydrogen-bond donors (Lipinski definition) is 2. The lowest BCUT2D eigenvalue weighted by Crippen LogP contribution is -2.22. The van der Waals surface area contributed by atoms with E-state index in [9.17, 15) is 9.18 Å². The van der Waals surface area contributed by atoms with Crippen molar-refractivity contribution in [2.24, 2.45) is 0 Å². The quantitative estimate of drug-likeness (QED) is 0.196. The van der Waals surface area contributed by atoms with Crippen molar-refractivity contribution in [2.75, 3.05) is 36.8 Å². The molecule has 0 spiro atoms. The van der Waals surface area contributed by atoms with E-state index in [4.69, 9.17) is 4.98 Å². The first kappa shape index (κ1) is 28.0. The number of halogens is 1. The van der Waals surface area contributed by atoms with Crippen LogP contribution in [0.25, 0.3) is 11.3 Å². The SMILES string of the molecule is O=C(CCCc1ccc(F)cc1)Nc1ccc(C2Cc3cnc(NCCCN4CCCC4)nc3-c3ccccc32)cc1. The van der Waals surface area contributed by atoms with Gasteiger partial charge < -0.3 is 15.5 Å². The van der Waals surface area contributed by atoms with Crippen molar-refractivity contribution in [2.45, 2.75) is 50.9 Å². The number of nitrogens with zero attached hydrogens (tertiary/aromatic N) is 3. The topological polar surface area (TPSA) is 70.2 Å². The molecule has 2 heterocycles. The Kier molecular flexibility index (Phi) is 8.85. The van der Waals surface area contributed by atoms with E-state index in [1.54, 1.807) is 12.1 Å². The van der Waals surface area contributed by atoms with Crippen LogP contribution in [0.1, 0.15) is 60.3 Å². The molecule has 0 radical (unpaired) electrons. The van der Waals surface area contributed by atoms with Crippen LogP contribution in [0.2, 0.25) is 0 Å². The van der Waals surface area contributed by atoms with Gasteiger partial charge in [-0.3, -0.25) is 4.79 Å². The Morgan fingerprint density at radius 3 is 2.55 bits per heavy atom. The molecule has 1 aliphatic heterocycles. The van der Waals surface area contributed by atoms with Crippen LogP contribution >= 0.6 is 0 Å². The zero-order chi connectivity index (χ0) is 28.7. The van der Waals surface area contributed by atoms with Gasteiger partial charge in [0, 0.05) is 36.3 Å². The highest BCUT2D eigenvalue weighted by Gasteiger charge is 2.27. The fourth-order valence-corrected chi connectivity index (χ4v) is 6.15. The van der Waals surface area contributed by atoms with Crippen molar-refractivity contribution in [1.29, 1.82) is 0 Å². The molecular formula is C35H38FN5O. The summed E-state index contributed by atoms with van der Waals surface area (Å²) in [6.07, 6.45) is 8.42. The highest BCUT2D eigenvalue weighted by Crippen LogP contribution is 2.42. The number of nitrogens with one attached hydrogen (secondary N) is 2. The number of hydrogen-bond acceptors (Lipinski definition) is 5. The van der Waals surface area contributed by atoms with Gasteiger partial charge in [0.05, 0.1) is 5.69 Å². The van der Waals surface area contributed by atoms with Crippen molar-refractivity contribution in [3.8, 4) is 11.3 Å². The molecule has 3 aromatic carbocycles. The van der Waals surface area contributed by atoms with E-state index in [0.717, 1.165) is 60.4 Å². The van der Waals surface area contributed by atoms with Gasteiger partial charge in [0.1, 0.15) is 5.82 Å². The fourth-order valence-electron chi connectivity index (χ4n) is 6.15. The zero-order valence-electron chi connectivity index (χ0n) is 24.0. The summed E-state index contributed by atoms with van der Waals surface area (Å²) in [6.45, 7) is 4.45. The van der Waals surface area contributed by atoms with E-state index in [-0.39, 0.29) is 17.6 Å². The summed E-state index contributed by atoms with van der Waals surface area (Å²) in [7, 11) is 0. The highest BCUT2D eigenvalue weighted by atomic mass is 19.1. The largest absolute Gasteiger partial charge is 0.354 e. The Morgan fingerprint density at radius 1 is 0.952 bits per heavy atom. The number of benzene rings is 3. The first-order chi connectivity index (χ1) is 20.6. The molecule has 0 bridgehead atoms. The van der Waals surface area contributed by atoms with Gasteiger partial charge in [-0.05, 0) is 105 Å². The second-order valence-corrected chi connectivity index (χ2v) is 11.4. The van der Waals surface area contributed by atoms with Crippen LogP contribution in [0, 0.1) is 5.82 Å². The number of aromatic nitrogens is 2. The first-order valence-corrected chi connectivity index (χ1v) is 15.2. The summed E-state index contributed by atoms with van der Waals surface area (Å²) in [4.78, 5) is 24.7. The van der Waals surface area contributed by atoms with Crippen LogP contribution in [0.15, 0.2) is 79.0 Å². The Labute approximate surface area is 247 Å². The van der Waals surface area contributed by atoms with Crippen molar-refractivity contribution in [3.05, 3.63) is 107 Å². The molecule has 1 aliphatic carbocycles. The van der Waals surface area contributed by atoms with E-state index < -0.39 is 0 Å². The minimum atomic E-state index is -0.241. The zero-order valence-corrected chi connectivity index (χ0v) is 24.0. The third-order valence-electron chi connectivity index (χ3n) is 8.39. The van der Waals surface area contributed by atoms with Crippen molar-refractivity contribution in [1.82, 2.24) is 14.9 Å². The Hall–Kier alpha value is -4.10. The molecule has 1 atom stereocenters. The summed E-state index contributed by atoms with van der Waals surface area (Å²) in [5, 5.41) is 6.46. The smallest absolute Gasteiger partial charge is 0.224 e. The average Bonchev–Trinajstić information content (AvgIpc) is 3.54. The van der Waals surface area contributed by atoms with Crippen molar-refractivity contribution < 1.29 is 9.18 Å². The number of aryl methyl sites for hydroxylation is 1. The third kappa shape index (κ3) is 6.85. The van der Waals surface area contributed by atoms with Crippen LogP contribution < -0.4 is 10.6 Å². The molecule has 6 rings (SSSR count). The van der Waals surface area contributed by atoms with Gasteiger partial charge in [0.15, 0.2) is 0 Å². The second kappa shape index (κ2) is 13.3. The molecule has 7 heteroatoms. The predicted molar refractivity (Wildman–Crippen MR) is 166 cm³/mol. The third-order valence-corrected chi connectivity index (χ3v) is 8.39. The summed E-state index contributed by atoms with van der Waals surface area (Å²) in [5.41, 5.74) is 7.62. The highest BCUT2D eigenvalue weighted by molar-refractivity contribution is 5.90. The van der Waals surface area contributed by atoms with Gasteiger partial charge in [-0.2, -0.15) is 0 Å². The lowest BCUT2D eigenvalue weighted by molar-refractivity contribution is -0.116. The molecule has 1 saturated heterocycles. The summed E-state index contributed by atoms with van der Waals surface area (Å²) in [6, 6.07) is 23.2. The van der Waals surface area contributed by atoms with Gasteiger partial charge in [-0.25, -0.2) is 14.4 Å². The molecule has 1 fully saturated rings. The van der Waals surface area contributed by atoms with Crippen molar-refractivity contribution >= 4 is 17.5 Å². The van der Waals surface area contributed by atoms with Gasteiger partial charge in [0.25, 0.3) is 0 Å². The first-order valence-electron chi connectivity index (χ1n) is 15.2. The van der Waals surface area contributed by atoms with E-state index in [1.165, 1.54) is 49.2 Å². The van der Waals surface area contributed by atoms with Crippen LogP contribution in [0.4, 0.5) is 16.0 Å². The normalized spacial score (nSPS) is 16.1. The average molecular weight is 564 g/mol. The van der Waals surface area contributed by atoms with Gasteiger partial charge >= 0.3 is 0 Å². The minimum absolute atomic E-state index is 0.0144. The Morgan fingerprint density at radius 2 is 1.74 bits per heavy atom. The van der Waals surface area contributed by atoms with Gasteiger partial charge in [-0.1, -0.05) is 48.5 Å². The molecule has 42 heavy (non-hydrogen) atoms. The van der Waals surface area contributed by atoms with Crippen molar-refractivity contribution in [3.63, 3.8) is 0 Å². The number of rotatable bonds is 11. The van der Waals surface area contributed by atoms with Crippen LogP contribution in [-0.4, -0.2) is 47.0 Å². The molecule has 1 aromatic heterocycles. The number of fused-ring (bicyclic) bond motifs is 3. The van der Waals surface area contributed by atoms with Crippen LogP contribution in [0.5, 0.6) is 0 Å². The fraction of sp³-hybridized carbons (Fsp3) is 0.343. The molecule has 4 aromatic rings. The number of likely N-dealkylation sites (tertiary alicyclic amines) is 1. The van der Waals surface area contributed by atoms with E-state index in [2.05, 4.69) is 56.9 Å². The minimum Gasteiger partial charge on any atom is -0.354 e. The van der Waals surface area contributed by atoms with E-state index >= 15 is 0 Å². The molecule has 2 N–H and O–H groups in total. The Bertz CT molecular complexity index is 1500. The Balaban J connectivity index is 1.07. The maximum atomic E-state index is 13.1. The summed E-state index contributed by atoms with van der Waals surface area (Å²) < 4.78 is 13.1. The van der Waals surface area contributed by atoms with E-state index in [0.29, 0.717) is 18.8 Å². The number of carbonyl (C=O) groups is 1. The molecule has 1 amide bonds.